The third-order valence-corrected chi connectivity index (χ3v) is 3.00. The van der Waals surface area contributed by atoms with Gasteiger partial charge in [-0.1, -0.05) is 12.8 Å². The van der Waals surface area contributed by atoms with Crippen molar-refractivity contribution in [1.29, 1.82) is 0 Å². The second-order valence-corrected chi connectivity index (χ2v) is 4.41. The van der Waals surface area contributed by atoms with Crippen molar-refractivity contribution in [3.8, 4) is 0 Å². The van der Waals surface area contributed by atoms with Gasteiger partial charge in [0.2, 0.25) is 5.91 Å². The zero-order valence-corrected chi connectivity index (χ0v) is 9.70. The molecule has 0 aromatic rings. The Balaban J connectivity index is 2.31. The third-order valence-electron chi connectivity index (χ3n) is 3.00. The Morgan fingerprint density at radius 1 is 1.53 bits per heavy atom. The number of nitrogens with zero attached hydrogens (tertiary/aromatic N) is 1. The van der Waals surface area contributed by atoms with Gasteiger partial charge >= 0.3 is 0 Å². The van der Waals surface area contributed by atoms with E-state index in [-0.39, 0.29) is 11.8 Å². The molecule has 1 aliphatic rings. The summed E-state index contributed by atoms with van der Waals surface area (Å²) in [6, 6.07) is 0. The number of rotatable bonds is 5. The first-order valence-corrected chi connectivity index (χ1v) is 5.72. The predicted octanol–water partition coefficient (Wildman–Crippen LogP) is 0.215. The molecule has 1 amide bonds. The van der Waals surface area contributed by atoms with E-state index in [0.717, 1.165) is 12.8 Å². The molecule has 4 heteroatoms. The van der Waals surface area contributed by atoms with Gasteiger partial charge < -0.3 is 15.3 Å². The van der Waals surface area contributed by atoms with E-state index in [4.69, 9.17) is 0 Å². The SMILES string of the molecule is CNCC(O)CN(C)C(=O)C1CCCC1. The van der Waals surface area contributed by atoms with E-state index in [1.54, 1.807) is 19.0 Å². The Morgan fingerprint density at radius 3 is 2.67 bits per heavy atom. The summed E-state index contributed by atoms with van der Waals surface area (Å²) in [5, 5.41) is 12.4. The summed E-state index contributed by atoms with van der Waals surface area (Å²) in [5.74, 6) is 0.402. The highest BCUT2D eigenvalue weighted by atomic mass is 16.3. The number of aliphatic hydroxyl groups excluding tert-OH is 1. The highest BCUT2D eigenvalue weighted by molar-refractivity contribution is 5.78. The molecule has 2 N–H and O–H groups in total. The van der Waals surface area contributed by atoms with Crippen LogP contribution in [-0.4, -0.2) is 49.2 Å². The van der Waals surface area contributed by atoms with Crippen molar-refractivity contribution < 1.29 is 9.90 Å². The maximum Gasteiger partial charge on any atom is 0.225 e. The van der Waals surface area contributed by atoms with Crippen molar-refractivity contribution in [3.63, 3.8) is 0 Å². The lowest BCUT2D eigenvalue weighted by molar-refractivity contribution is -0.135. The number of amides is 1. The quantitative estimate of drug-likeness (QED) is 0.688. The maximum atomic E-state index is 11.9. The summed E-state index contributed by atoms with van der Waals surface area (Å²) in [6.07, 6.45) is 3.91. The van der Waals surface area contributed by atoms with Crippen LogP contribution in [0.25, 0.3) is 0 Å². The number of likely N-dealkylation sites (N-methyl/N-ethyl adjacent to an activating group) is 2. The minimum Gasteiger partial charge on any atom is -0.390 e. The fourth-order valence-electron chi connectivity index (χ4n) is 2.19. The summed E-state index contributed by atoms with van der Waals surface area (Å²) in [6.45, 7) is 0.957. The maximum absolute atomic E-state index is 11.9. The lowest BCUT2D eigenvalue weighted by Gasteiger charge is -2.23. The molecule has 0 bridgehead atoms. The molecule has 0 aromatic carbocycles. The first-order chi connectivity index (χ1) is 7.15. The van der Waals surface area contributed by atoms with E-state index in [2.05, 4.69) is 5.32 Å². The Bertz CT molecular complexity index is 203. The van der Waals surface area contributed by atoms with Crippen molar-refractivity contribution >= 4 is 5.91 Å². The molecule has 0 saturated heterocycles. The summed E-state index contributed by atoms with van der Waals surface area (Å²) in [5.41, 5.74) is 0. The molecule has 1 saturated carbocycles. The molecule has 0 aliphatic heterocycles. The van der Waals surface area contributed by atoms with Gasteiger partial charge in [-0.3, -0.25) is 4.79 Å². The average molecular weight is 214 g/mol. The van der Waals surface area contributed by atoms with Gasteiger partial charge in [-0.15, -0.1) is 0 Å². The van der Waals surface area contributed by atoms with Gasteiger partial charge in [0.25, 0.3) is 0 Å². The Kier molecular flexibility index (Phi) is 5.05. The number of nitrogens with one attached hydrogen (secondary N) is 1. The highest BCUT2D eigenvalue weighted by Gasteiger charge is 2.26. The molecule has 88 valence electrons. The fourth-order valence-corrected chi connectivity index (χ4v) is 2.19. The van der Waals surface area contributed by atoms with Crippen LogP contribution in [-0.2, 0) is 4.79 Å². The van der Waals surface area contributed by atoms with Crippen LogP contribution in [0.2, 0.25) is 0 Å². The number of aliphatic hydroxyl groups is 1. The van der Waals surface area contributed by atoms with Crippen molar-refractivity contribution in [2.24, 2.45) is 5.92 Å². The molecule has 0 radical (unpaired) electrons. The van der Waals surface area contributed by atoms with Gasteiger partial charge in [-0.25, -0.2) is 0 Å². The van der Waals surface area contributed by atoms with E-state index < -0.39 is 6.10 Å². The summed E-state index contributed by atoms with van der Waals surface area (Å²) in [7, 11) is 3.57. The van der Waals surface area contributed by atoms with Gasteiger partial charge in [0.05, 0.1) is 6.10 Å². The van der Waals surface area contributed by atoms with Crippen molar-refractivity contribution in [2.75, 3.05) is 27.2 Å². The molecular formula is C11H22N2O2. The summed E-state index contributed by atoms with van der Waals surface area (Å²) < 4.78 is 0. The van der Waals surface area contributed by atoms with Crippen LogP contribution < -0.4 is 5.32 Å². The molecule has 1 rings (SSSR count). The molecule has 4 nitrogen and oxygen atoms in total. The first kappa shape index (κ1) is 12.5. The highest BCUT2D eigenvalue weighted by Crippen LogP contribution is 2.26. The van der Waals surface area contributed by atoms with E-state index >= 15 is 0 Å². The fraction of sp³-hybridized carbons (Fsp3) is 0.909. The minimum absolute atomic E-state index is 0.197. The van der Waals surface area contributed by atoms with Crippen LogP contribution >= 0.6 is 0 Å². The second-order valence-electron chi connectivity index (χ2n) is 4.41. The van der Waals surface area contributed by atoms with Gasteiger partial charge in [0, 0.05) is 26.1 Å². The average Bonchev–Trinajstić information content (AvgIpc) is 2.69. The zero-order chi connectivity index (χ0) is 11.3. The van der Waals surface area contributed by atoms with Gasteiger partial charge in [-0.05, 0) is 19.9 Å². The molecule has 1 atom stereocenters. The first-order valence-electron chi connectivity index (χ1n) is 5.72. The molecule has 0 heterocycles. The lowest BCUT2D eigenvalue weighted by Crippen LogP contribution is -2.40. The Morgan fingerprint density at radius 2 is 2.13 bits per heavy atom. The van der Waals surface area contributed by atoms with E-state index in [0.29, 0.717) is 13.1 Å². The van der Waals surface area contributed by atoms with Crippen LogP contribution in [0.15, 0.2) is 0 Å². The predicted molar refractivity (Wildman–Crippen MR) is 59.5 cm³/mol. The molecule has 0 spiro atoms. The molecule has 1 unspecified atom stereocenters. The van der Waals surface area contributed by atoms with E-state index in [1.165, 1.54) is 12.8 Å². The van der Waals surface area contributed by atoms with Gasteiger partial charge in [0.1, 0.15) is 0 Å². The molecule has 1 aliphatic carbocycles. The smallest absolute Gasteiger partial charge is 0.225 e. The van der Waals surface area contributed by atoms with Gasteiger partial charge in [0.15, 0.2) is 0 Å². The molecular weight excluding hydrogens is 192 g/mol. The van der Waals surface area contributed by atoms with Crippen LogP contribution in [0, 0.1) is 5.92 Å². The van der Waals surface area contributed by atoms with Crippen LogP contribution in [0.5, 0.6) is 0 Å². The Labute approximate surface area is 91.6 Å². The topological polar surface area (TPSA) is 52.6 Å². The van der Waals surface area contributed by atoms with Crippen molar-refractivity contribution in [3.05, 3.63) is 0 Å². The number of hydrogen-bond donors (Lipinski definition) is 2. The Hall–Kier alpha value is -0.610. The van der Waals surface area contributed by atoms with Crippen LogP contribution in [0.4, 0.5) is 0 Å². The van der Waals surface area contributed by atoms with Crippen LogP contribution in [0.3, 0.4) is 0 Å². The number of carbonyl (C=O) groups is 1. The molecule has 15 heavy (non-hydrogen) atoms. The lowest BCUT2D eigenvalue weighted by atomic mass is 10.1. The molecule has 0 aromatic heterocycles. The summed E-state index contributed by atoms with van der Waals surface area (Å²) >= 11 is 0. The van der Waals surface area contributed by atoms with Crippen molar-refractivity contribution in [2.45, 2.75) is 31.8 Å². The second kappa shape index (κ2) is 6.08. The van der Waals surface area contributed by atoms with Crippen molar-refractivity contribution in [1.82, 2.24) is 10.2 Å². The van der Waals surface area contributed by atoms with E-state index in [9.17, 15) is 9.90 Å². The standard InChI is InChI=1S/C11H22N2O2/c1-12-7-10(14)8-13(2)11(15)9-5-3-4-6-9/h9-10,12,14H,3-8H2,1-2H3. The normalized spacial score (nSPS) is 19.1. The van der Waals surface area contributed by atoms with Gasteiger partial charge in [-0.2, -0.15) is 0 Å². The summed E-state index contributed by atoms with van der Waals surface area (Å²) in [4.78, 5) is 13.5. The number of carbonyl (C=O) groups excluding carboxylic acids is 1. The molecule has 1 fully saturated rings. The van der Waals surface area contributed by atoms with E-state index in [1.807, 2.05) is 0 Å². The number of hydrogen-bond acceptors (Lipinski definition) is 3. The monoisotopic (exact) mass is 214 g/mol. The largest absolute Gasteiger partial charge is 0.390 e. The zero-order valence-electron chi connectivity index (χ0n) is 9.70. The minimum atomic E-state index is -0.467. The van der Waals surface area contributed by atoms with Crippen LogP contribution in [0.1, 0.15) is 25.7 Å². The third kappa shape index (κ3) is 3.80.